The van der Waals surface area contributed by atoms with Gasteiger partial charge in [0.2, 0.25) is 5.91 Å². The van der Waals surface area contributed by atoms with Crippen LogP contribution in [-0.4, -0.2) is 47.8 Å². The molecule has 0 atom stereocenters. The first kappa shape index (κ1) is 16.6. The molecule has 1 fully saturated rings. The molecule has 1 aliphatic rings. The zero-order chi connectivity index (χ0) is 18.1. The summed E-state index contributed by atoms with van der Waals surface area (Å²) in [6.45, 7) is 2.37. The molecule has 4 heterocycles. The molecule has 0 radical (unpaired) electrons. The average molecular weight is 354 g/mol. The predicted molar refractivity (Wildman–Crippen MR) is 96.5 cm³/mol. The molecular weight excluding hydrogens is 332 g/mol. The molecule has 4 rings (SSSR count). The Hall–Kier alpha value is -2.90. The SMILES string of the molecule is Cn1c(=O)n(CC2CCN(C(=O)Cn3cccn3)CC2)c2ncccc21. The van der Waals surface area contributed by atoms with Crippen LogP contribution in [0.15, 0.2) is 41.6 Å². The minimum atomic E-state index is -0.0316. The van der Waals surface area contributed by atoms with Gasteiger partial charge in [-0.3, -0.25) is 18.6 Å². The number of imidazole rings is 1. The molecule has 1 aliphatic heterocycles. The third-order valence-electron chi connectivity index (χ3n) is 5.17. The molecule has 0 aromatic carbocycles. The third-order valence-corrected chi connectivity index (χ3v) is 5.17. The number of aryl methyl sites for hydroxylation is 1. The highest BCUT2D eigenvalue weighted by atomic mass is 16.2. The van der Waals surface area contributed by atoms with Crippen molar-refractivity contribution in [3.63, 3.8) is 0 Å². The summed E-state index contributed by atoms with van der Waals surface area (Å²) in [5.74, 6) is 0.463. The Morgan fingerprint density at radius 3 is 2.77 bits per heavy atom. The van der Waals surface area contributed by atoms with Gasteiger partial charge in [-0.25, -0.2) is 9.78 Å². The van der Waals surface area contributed by atoms with Crippen molar-refractivity contribution in [1.29, 1.82) is 0 Å². The van der Waals surface area contributed by atoms with E-state index in [1.807, 2.05) is 23.1 Å². The smallest absolute Gasteiger partial charge is 0.330 e. The van der Waals surface area contributed by atoms with Gasteiger partial charge in [0.25, 0.3) is 0 Å². The number of nitrogens with zero attached hydrogens (tertiary/aromatic N) is 6. The van der Waals surface area contributed by atoms with Crippen LogP contribution in [0, 0.1) is 5.92 Å². The van der Waals surface area contributed by atoms with Gasteiger partial charge >= 0.3 is 5.69 Å². The van der Waals surface area contributed by atoms with Crippen molar-refractivity contribution in [3.05, 3.63) is 47.3 Å². The summed E-state index contributed by atoms with van der Waals surface area (Å²) in [7, 11) is 1.78. The highest BCUT2D eigenvalue weighted by Gasteiger charge is 2.24. The minimum Gasteiger partial charge on any atom is -0.341 e. The number of carbonyl (C=O) groups is 1. The van der Waals surface area contributed by atoms with Crippen LogP contribution in [0.3, 0.4) is 0 Å². The number of hydrogen-bond donors (Lipinski definition) is 0. The maximum absolute atomic E-state index is 12.5. The Morgan fingerprint density at radius 1 is 1.23 bits per heavy atom. The Bertz CT molecular complexity index is 963. The van der Waals surface area contributed by atoms with Gasteiger partial charge in [-0.15, -0.1) is 0 Å². The summed E-state index contributed by atoms with van der Waals surface area (Å²) < 4.78 is 5.06. The van der Waals surface area contributed by atoms with Gasteiger partial charge < -0.3 is 4.90 Å². The molecule has 0 bridgehead atoms. The lowest BCUT2D eigenvalue weighted by atomic mass is 9.96. The lowest BCUT2D eigenvalue weighted by Gasteiger charge is -2.32. The number of piperidine rings is 1. The molecule has 3 aromatic heterocycles. The van der Waals surface area contributed by atoms with E-state index in [2.05, 4.69) is 10.1 Å². The fourth-order valence-electron chi connectivity index (χ4n) is 3.65. The number of hydrogen-bond acceptors (Lipinski definition) is 4. The number of likely N-dealkylation sites (tertiary alicyclic amines) is 1. The van der Waals surface area contributed by atoms with Gasteiger partial charge in [-0.1, -0.05) is 0 Å². The van der Waals surface area contributed by atoms with Crippen LogP contribution in [0.5, 0.6) is 0 Å². The lowest BCUT2D eigenvalue weighted by Crippen LogP contribution is -2.41. The van der Waals surface area contributed by atoms with Crippen molar-refractivity contribution in [2.75, 3.05) is 13.1 Å². The summed E-state index contributed by atoms with van der Waals surface area (Å²) in [4.78, 5) is 31.2. The highest BCUT2D eigenvalue weighted by Crippen LogP contribution is 2.20. The fraction of sp³-hybridized carbons (Fsp3) is 0.444. The van der Waals surface area contributed by atoms with Crippen molar-refractivity contribution < 1.29 is 4.79 Å². The topological polar surface area (TPSA) is 78.0 Å². The molecule has 0 spiro atoms. The van der Waals surface area contributed by atoms with Crippen molar-refractivity contribution in [3.8, 4) is 0 Å². The quantitative estimate of drug-likeness (QED) is 0.696. The van der Waals surface area contributed by atoms with E-state index in [1.165, 1.54) is 0 Å². The van der Waals surface area contributed by atoms with E-state index < -0.39 is 0 Å². The molecule has 3 aromatic rings. The summed E-state index contributed by atoms with van der Waals surface area (Å²) in [6, 6.07) is 5.57. The monoisotopic (exact) mass is 354 g/mol. The van der Waals surface area contributed by atoms with Crippen molar-refractivity contribution in [1.82, 2.24) is 28.8 Å². The van der Waals surface area contributed by atoms with Gasteiger partial charge in [0.1, 0.15) is 6.54 Å². The van der Waals surface area contributed by atoms with E-state index in [-0.39, 0.29) is 18.1 Å². The second-order valence-electron chi connectivity index (χ2n) is 6.83. The molecule has 0 N–H and O–H groups in total. The number of aromatic nitrogens is 5. The van der Waals surface area contributed by atoms with Crippen LogP contribution in [0.4, 0.5) is 0 Å². The Morgan fingerprint density at radius 2 is 2.04 bits per heavy atom. The van der Waals surface area contributed by atoms with Gasteiger partial charge in [0.05, 0.1) is 5.52 Å². The van der Waals surface area contributed by atoms with E-state index in [4.69, 9.17) is 0 Å². The van der Waals surface area contributed by atoms with Crippen LogP contribution in [0.25, 0.3) is 11.2 Å². The van der Waals surface area contributed by atoms with Crippen LogP contribution in [0.1, 0.15) is 12.8 Å². The maximum atomic E-state index is 12.5. The number of rotatable bonds is 4. The number of amides is 1. The van der Waals surface area contributed by atoms with E-state index >= 15 is 0 Å². The molecule has 26 heavy (non-hydrogen) atoms. The Labute approximate surface area is 150 Å². The van der Waals surface area contributed by atoms with Crippen molar-refractivity contribution in [2.24, 2.45) is 13.0 Å². The molecule has 8 heteroatoms. The maximum Gasteiger partial charge on any atom is 0.330 e. The second-order valence-corrected chi connectivity index (χ2v) is 6.83. The summed E-state index contributed by atoms with van der Waals surface area (Å²) in [6.07, 6.45) is 6.97. The Kier molecular flexibility index (Phi) is 4.32. The largest absolute Gasteiger partial charge is 0.341 e. The van der Waals surface area contributed by atoms with E-state index in [0.717, 1.165) is 37.1 Å². The first-order valence-electron chi connectivity index (χ1n) is 8.89. The molecule has 136 valence electrons. The molecule has 1 saturated heterocycles. The molecule has 1 amide bonds. The minimum absolute atomic E-state index is 0.0316. The summed E-state index contributed by atoms with van der Waals surface area (Å²) in [5.41, 5.74) is 1.55. The predicted octanol–water partition coefficient (Wildman–Crippen LogP) is 0.870. The first-order valence-corrected chi connectivity index (χ1v) is 8.89. The van der Waals surface area contributed by atoms with Crippen molar-refractivity contribution >= 4 is 17.1 Å². The zero-order valence-electron chi connectivity index (χ0n) is 14.8. The molecule has 0 unspecified atom stereocenters. The standard InChI is InChI=1S/C18H22N6O2/c1-21-15-4-2-7-19-17(15)24(18(21)26)12-14-5-10-22(11-6-14)16(25)13-23-9-3-8-20-23/h2-4,7-9,14H,5-6,10-13H2,1H3. The lowest BCUT2D eigenvalue weighted by molar-refractivity contribution is -0.133. The average Bonchev–Trinajstić information content (AvgIpc) is 3.25. The number of pyridine rings is 1. The molecule has 8 nitrogen and oxygen atoms in total. The second kappa shape index (κ2) is 6.78. The summed E-state index contributed by atoms with van der Waals surface area (Å²) in [5, 5.41) is 4.08. The summed E-state index contributed by atoms with van der Waals surface area (Å²) >= 11 is 0. The number of fused-ring (bicyclic) bond motifs is 1. The first-order chi connectivity index (χ1) is 12.6. The zero-order valence-corrected chi connectivity index (χ0v) is 14.8. The van der Waals surface area contributed by atoms with Gasteiger partial charge in [-0.05, 0) is 37.0 Å². The fourth-order valence-corrected chi connectivity index (χ4v) is 3.65. The van der Waals surface area contributed by atoms with E-state index in [9.17, 15) is 9.59 Å². The van der Waals surface area contributed by atoms with Gasteiger partial charge in [-0.2, -0.15) is 5.10 Å². The van der Waals surface area contributed by atoms with Gasteiger partial charge in [0, 0.05) is 45.3 Å². The molecular formula is C18H22N6O2. The van der Waals surface area contributed by atoms with E-state index in [1.54, 1.807) is 39.5 Å². The van der Waals surface area contributed by atoms with Gasteiger partial charge in [0.15, 0.2) is 5.65 Å². The Balaban J connectivity index is 1.41. The van der Waals surface area contributed by atoms with Crippen LogP contribution in [0.2, 0.25) is 0 Å². The molecule has 0 saturated carbocycles. The molecule has 0 aliphatic carbocycles. The van der Waals surface area contributed by atoms with E-state index in [0.29, 0.717) is 12.5 Å². The van der Waals surface area contributed by atoms with Crippen LogP contribution in [-0.2, 0) is 24.9 Å². The number of carbonyl (C=O) groups excluding carboxylic acids is 1. The third kappa shape index (κ3) is 3.02. The van der Waals surface area contributed by atoms with Crippen LogP contribution >= 0.6 is 0 Å². The van der Waals surface area contributed by atoms with Crippen molar-refractivity contribution in [2.45, 2.75) is 25.9 Å². The van der Waals surface area contributed by atoms with Crippen LogP contribution < -0.4 is 5.69 Å². The normalized spacial score (nSPS) is 15.7. The highest BCUT2D eigenvalue weighted by molar-refractivity contribution is 5.76.